The molecule has 0 spiro atoms. The maximum atomic E-state index is 12.4. The zero-order chi connectivity index (χ0) is 15.5. The van der Waals surface area contributed by atoms with Gasteiger partial charge in [-0.1, -0.05) is 0 Å². The van der Waals surface area contributed by atoms with E-state index in [0.29, 0.717) is 25.9 Å². The van der Waals surface area contributed by atoms with E-state index in [9.17, 15) is 13.2 Å². The van der Waals surface area contributed by atoms with Gasteiger partial charge in [0.25, 0.3) is 0 Å². The lowest BCUT2D eigenvalue weighted by Gasteiger charge is -2.29. The van der Waals surface area contributed by atoms with Gasteiger partial charge in [0.15, 0.2) is 0 Å². The summed E-state index contributed by atoms with van der Waals surface area (Å²) in [4.78, 5) is 10.6. The van der Waals surface area contributed by atoms with E-state index in [0.717, 1.165) is 0 Å². The van der Waals surface area contributed by atoms with Crippen molar-refractivity contribution in [2.24, 2.45) is 5.92 Å². The number of carbonyl (C=O) groups is 1. The predicted octanol–water partition coefficient (Wildman–Crippen LogP) is -0.249. The van der Waals surface area contributed by atoms with E-state index >= 15 is 0 Å². The van der Waals surface area contributed by atoms with Crippen molar-refractivity contribution in [2.75, 3.05) is 19.7 Å². The molecule has 2 N–H and O–H groups in total. The van der Waals surface area contributed by atoms with Crippen molar-refractivity contribution >= 4 is 16.0 Å². The normalized spacial score (nSPS) is 18.0. The number of aliphatic hydroxyl groups is 1. The summed E-state index contributed by atoms with van der Waals surface area (Å²) in [6, 6.07) is 0. The highest BCUT2D eigenvalue weighted by Gasteiger charge is 2.30. The van der Waals surface area contributed by atoms with Crippen LogP contribution in [0, 0.1) is 5.92 Å². The van der Waals surface area contributed by atoms with E-state index in [1.165, 1.54) is 21.4 Å². The van der Waals surface area contributed by atoms with Gasteiger partial charge < -0.3 is 10.2 Å². The highest BCUT2D eigenvalue weighted by molar-refractivity contribution is 7.89. The minimum atomic E-state index is -3.59. The predicted molar refractivity (Wildman–Crippen MR) is 73.0 cm³/mol. The minimum Gasteiger partial charge on any atom is -0.481 e. The quantitative estimate of drug-likeness (QED) is 0.748. The number of aryl methyl sites for hydroxylation is 1. The second kappa shape index (κ2) is 6.54. The Morgan fingerprint density at radius 3 is 2.62 bits per heavy atom. The molecule has 1 saturated heterocycles. The Hall–Kier alpha value is -1.45. The summed E-state index contributed by atoms with van der Waals surface area (Å²) in [5.74, 6) is -0.796. The van der Waals surface area contributed by atoms with Gasteiger partial charge in [-0.3, -0.25) is 9.48 Å². The number of sulfonamides is 1. The van der Waals surface area contributed by atoms with Crippen molar-refractivity contribution in [2.45, 2.75) is 30.7 Å². The molecule has 0 amide bonds. The molecule has 2 heterocycles. The average Bonchev–Trinajstić information content (AvgIpc) is 2.95. The van der Waals surface area contributed by atoms with Gasteiger partial charge in [-0.2, -0.15) is 9.40 Å². The van der Waals surface area contributed by atoms with Crippen LogP contribution in [-0.2, 0) is 21.4 Å². The molecular formula is C12H19N3O5S. The molecule has 0 unspecified atom stereocenters. The summed E-state index contributed by atoms with van der Waals surface area (Å²) >= 11 is 0. The summed E-state index contributed by atoms with van der Waals surface area (Å²) in [5, 5.41) is 21.6. The van der Waals surface area contributed by atoms with Crippen LogP contribution in [-0.4, -0.2) is 58.4 Å². The lowest BCUT2D eigenvalue weighted by molar-refractivity contribution is -0.137. The first-order valence-corrected chi connectivity index (χ1v) is 8.22. The van der Waals surface area contributed by atoms with Crippen LogP contribution >= 0.6 is 0 Å². The van der Waals surface area contributed by atoms with Crippen LogP contribution in [0.1, 0.15) is 19.3 Å². The van der Waals surface area contributed by atoms with Crippen molar-refractivity contribution in [3.05, 3.63) is 12.4 Å². The number of rotatable bonds is 6. The molecule has 1 aromatic heterocycles. The summed E-state index contributed by atoms with van der Waals surface area (Å²) in [5.41, 5.74) is 0. The van der Waals surface area contributed by atoms with Crippen LogP contribution in [0.4, 0.5) is 0 Å². The Balaban J connectivity index is 2.04. The van der Waals surface area contributed by atoms with Gasteiger partial charge in [-0.25, -0.2) is 8.42 Å². The molecule has 0 atom stereocenters. The smallest absolute Gasteiger partial charge is 0.305 e. The number of aliphatic carboxylic acids is 1. The number of nitrogens with zero attached hydrogens (tertiary/aromatic N) is 3. The van der Waals surface area contributed by atoms with Crippen LogP contribution in [0.25, 0.3) is 0 Å². The molecule has 9 heteroatoms. The number of carboxylic acid groups (broad SMARTS) is 1. The second-order valence-corrected chi connectivity index (χ2v) is 7.05. The molecule has 21 heavy (non-hydrogen) atoms. The van der Waals surface area contributed by atoms with Gasteiger partial charge >= 0.3 is 5.97 Å². The molecule has 1 fully saturated rings. The van der Waals surface area contributed by atoms with Gasteiger partial charge in [0.05, 0.1) is 19.2 Å². The van der Waals surface area contributed by atoms with Crippen LogP contribution in [0.3, 0.4) is 0 Å². The topological polar surface area (TPSA) is 113 Å². The van der Waals surface area contributed by atoms with Gasteiger partial charge in [0, 0.05) is 25.9 Å². The number of piperidine rings is 1. The van der Waals surface area contributed by atoms with Crippen molar-refractivity contribution in [1.82, 2.24) is 14.1 Å². The third-order valence-corrected chi connectivity index (χ3v) is 5.49. The van der Waals surface area contributed by atoms with Crippen molar-refractivity contribution in [3.8, 4) is 0 Å². The fraction of sp³-hybridized carbons (Fsp3) is 0.667. The van der Waals surface area contributed by atoms with Crippen molar-refractivity contribution in [3.63, 3.8) is 0 Å². The second-order valence-electron chi connectivity index (χ2n) is 5.11. The molecule has 1 aliphatic rings. The molecule has 0 radical (unpaired) electrons. The number of aliphatic hydroxyl groups excluding tert-OH is 1. The minimum absolute atomic E-state index is 0.0790. The molecule has 0 aromatic carbocycles. The molecule has 2 rings (SSSR count). The van der Waals surface area contributed by atoms with E-state index in [-0.39, 0.29) is 30.4 Å². The SMILES string of the molecule is O=C(O)CCn1cc(S(=O)(=O)N2CCC(CO)CC2)cn1. The molecule has 8 nitrogen and oxygen atoms in total. The highest BCUT2D eigenvalue weighted by atomic mass is 32.2. The van der Waals surface area contributed by atoms with Crippen molar-refractivity contribution in [1.29, 1.82) is 0 Å². The van der Waals surface area contributed by atoms with E-state index in [1.54, 1.807) is 0 Å². The summed E-state index contributed by atoms with van der Waals surface area (Å²) < 4.78 is 27.6. The van der Waals surface area contributed by atoms with E-state index < -0.39 is 16.0 Å². The van der Waals surface area contributed by atoms with E-state index in [2.05, 4.69) is 5.10 Å². The average molecular weight is 317 g/mol. The molecule has 0 aliphatic carbocycles. The Morgan fingerprint density at radius 1 is 1.38 bits per heavy atom. The molecule has 1 aliphatic heterocycles. The van der Waals surface area contributed by atoms with Gasteiger partial charge in [-0.15, -0.1) is 0 Å². The van der Waals surface area contributed by atoms with E-state index in [1.807, 2.05) is 0 Å². The molecule has 1 aromatic rings. The number of aromatic nitrogens is 2. The Kier molecular flexibility index (Phi) is 4.96. The standard InChI is InChI=1S/C12H19N3O5S/c16-9-10-1-5-15(6-2-10)21(19,20)11-7-13-14(8-11)4-3-12(17)18/h7-8,10,16H,1-6,9H2,(H,17,18). The number of carboxylic acids is 1. The molecule has 118 valence electrons. The lowest BCUT2D eigenvalue weighted by Crippen LogP contribution is -2.39. The maximum Gasteiger partial charge on any atom is 0.305 e. The number of hydrogen-bond donors (Lipinski definition) is 2. The van der Waals surface area contributed by atoms with Crippen LogP contribution in [0.2, 0.25) is 0 Å². The van der Waals surface area contributed by atoms with E-state index in [4.69, 9.17) is 10.2 Å². The first-order valence-electron chi connectivity index (χ1n) is 6.78. The Bertz CT molecular complexity index is 590. The van der Waals surface area contributed by atoms with Gasteiger partial charge in [-0.05, 0) is 18.8 Å². The fourth-order valence-electron chi connectivity index (χ4n) is 2.29. The third kappa shape index (κ3) is 3.80. The van der Waals surface area contributed by atoms with Gasteiger partial charge in [0.2, 0.25) is 10.0 Å². The summed E-state index contributed by atoms with van der Waals surface area (Å²) in [6.45, 7) is 0.986. The highest BCUT2D eigenvalue weighted by Crippen LogP contribution is 2.23. The molecular weight excluding hydrogens is 298 g/mol. The summed E-state index contributed by atoms with van der Waals surface area (Å²) in [7, 11) is -3.59. The zero-order valence-corrected chi connectivity index (χ0v) is 12.4. The Morgan fingerprint density at radius 2 is 2.05 bits per heavy atom. The first kappa shape index (κ1) is 15.9. The third-order valence-electron chi connectivity index (χ3n) is 3.63. The lowest BCUT2D eigenvalue weighted by atomic mass is 10.00. The molecule has 0 bridgehead atoms. The monoisotopic (exact) mass is 317 g/mol. The maximum absolute atomic E-state index is 12.4. The zero-order valence-electron chi connectivity index (χ0n) is 11.6. The molecule has 0 saturated carbocycles. The number of hydrogen-bond acceptors (Lipinski definition) is 5. The summed E-state index contributed by atoms with van der Waals surface area (Å²) in [6.07, 6.45) is 3.78. The fourth-order valence-corrected chi connectivity index (χ4v) is 3.72. The first-order chi connectivity index (χ1) is 9.93. The Labute approximate surface area is 123 Å². The van der Waals surface area contributed by atoms with Gasteiger partial charge in [0.1, 0.15) is 4.90 Å². The van der Waals surface area contributed by atoms with Crippen LogP contribution < -0.4 is 0 Å². The van der Waals surface area contributed by atoms with Crippen molar-refractivity contribution < 1.29 is 23.4 Å². The van der Waals surface area contributed by atoms with Crippen LogP contribution in [0.15, 0.2) is 17.3 Å². The van der Waals surface area contributed by atoms with Crippen LogP contribution in [0.5, 0.6) is 0 Å². The largest absolute Gasteiger partial charge is 0.481 e.